The topological polar surface area (TPSA) is 90.9 Å². The van der Waals surface area contributed by atoms with Gasteiger partial charge in [-0.25, -0.2) is 9.18 Å². The number of anilines is 1. The molecule has 0 saturated heterocycles. The van der Waals surface area contributed by atoms with E-state index in [-0.39, 0.29) is 17.9 Å². The number of benzene rings is 3. The Balaban J connectivity index is 1.30. The van der Waals surface area contributed by atoms with E-state index in [1.807, 2.05) is 19.9 Å². The molecular formula is C29H28FN3O5. The number of amides is 2. The normalized spacial score (nSPS) is 13.0. The number of ether oxygens (including phenoxy) is 4. The molecule has 1 aliphatic rings. The van der Waals surface area contributed by atoms with Gasteiger partial charge < -0.3 is 29.6 Å². The SMILES string of the molecule is CCCOc1cc2nccc(Oc3ccc(NC(=O)N[C@@H](C)c4ccc(F)cc4)cc3)c2c2c1OCCO2. The molecule has 2 amide bonds. The molecular weight excluding hydrogens is 489 g/mol. The molecule has 9 heteroatoms. The van der Waals surface area contributed by atoms with Gasteiger partial charge in [0.15, 0.2) is 11.5 Å². The first-order valence-corrected chi connectivity index (χ1v) is 12.5. The van der Waals surface area contributed by atoms with Crippen LogP contribution in [0.5, 0.6) is 28.7 Å². The van der Waals surface area contributed by atoms with Crippen molar-refractivity contribution in [1.82, 2.24) is 10.3 Å². The van der Waals surface area contributed by atoms with E-state index in [2.05, 4.69) is 15.6 Å². The first-order valence-electron chi connectivity index (χ1n) is 12.5. The molecule has 0 bridgehead atoms. The second-order valence-corrected chi connectivity index (χ2v) is 8.78. The number of aromatic nitrogens is 1. The van der Waals surface area contributed by atoms with E-state index in [9.17, 15) is 9.18 Å². The summed E-state index contributed by atoms with van der Waals surface area (Å²) in [6.07, 6.45) is 2.53. The van der Waals surface area contributed by atoms with Gasteiger partial charge in [0.2, 0.25) is 5.75 Å². The average molecular weight is 518 g/mol. The smallest absolute Gasteiger partial charge is 0.319 e. The highest BCUT2D eigenvalue weighted by atomic mass is 19.1. The molecule has 8 nitrogen and oxygen atoms in total. The lowest BCUT2D eigenvalue weighted by Gasteiger charge is -2.23. The minimum absolute atomic E-state index is 0.289. The van der Waals surface area contributed by atoms with Gasteiger partial charge in [0.1, 0.15) is 30.5 Å². The molecule has 1 atom stereocenters. The fourth-order valence-corrected chi connectivity index (χ4v) is 4.11. The third kappa shape index (κ3) is 5.56. The van der Waals surface area contributed by atoms with Crippen LogP contribution >= 0.6 is 0 Å². The van der Waals surface area contributed by atoms with Crippen LogP contribution in [-0.2, 0) is 0 Å². The molecule has 0 saturated carbocycles. The van der Waals surface area contributed by atoms with E-state index in [0.717, 1.165) is 12.0 Å². The van der Waals surface area contributed by atoms with Crippen LogP contribution in [0.1, 0.15) is 31.9 Å². The summed E-state index contributed by atoms with van der Waals surface area (Å²) in [6, 6.07) is 16.0. The van der Waals surface area contributed by atoms with Crippen LogP contribution in [0.2, 0.25) is 0 Å². The highest BCUT2D eigenvalue weighted by Gasteiger charge is 2.24. The zero-order valence-electron chi connectivity index (χ0n) is 21.1. The van der Waals surface area contributed by atoms with Crippen molar-refractivity contribution < 1.29 is 28.1 Å². The van der Waals surface area contributed by atoms with Gasteiger partial charge in [-0.1, -0.05) is 19.1 Å². The van der Waals surface area contributed by atoms with Crippen molar-refractivity contribution in [3.63, 3.8) is 0 Å². The van der Waals surface area contributed by atoms with Gasteiger partial charge in [0.05, 0.1) is 23.6 Å². The Hall–Kier alpha value is -4.53. The Labute approximate surface area is 219 Å². The van der Waals surface area contributed by atoms with Crippen LogP contribution in [0.3, 0.4) is 0 Å². The maximum atomic E-state index is 13.1. The Morgan fingerprint density at radius 1 is 1.03 bits per heavy atom. The lowest BCUT2D eigenvalue weighted by Crippen LogP contribution is -2.31. The number of fused-ring (bicyclic) bond motifs is 3. The summed E-state index contributed by atoms with van der Waals surface area (Å²) < 4.78 is 37.1. The van der Waals surface area contributed by atoms with E-state index < -0.39 is 0 Å². The van der Waals surface area contributed by atoms with E-state index >= 15 is 0 Å². The molecule has 1 aliphatic heterocycles. The maximum absolute atomic E-state index is 13.1. The fraction of sp³-hybridized carbons (Fsp3) is 0.241. The lowest BCUT2D eigenvalue weighted by atomic mass is 10.1. The number of urea groups is 1. The molecule has 38 heavy (non-hydrogen) atoms. The Morgan fingerprint density at radius 3 is 2.50 bits per heavy atom. The maximum Gasteiger partial charge on any atom is 0.319 e. The summed E-state index contributed by atoms with van der Waals surface area (Å²) in [5.41, 5.74) is 2.06. The first kappa shape index (κ1) is 25.1. The molecule has 5 rings (SSSR count). The van der Waals surface area contributed by atoms with Crippen molar-refractivity contribution in [3.05, 3.63) is 78.2 Å². The van der Waals surface area contributed by atoms with Crippen LogP contribution < -0.4 is 29.6 Å². The van der Waals surface area contributed by atoms with Crippen LogP contribution in [0, 0.1) is 5.82 Å². The summed E-state index contributed by atoms with van der Waals surface area (Å²) in [6.45, 7) is 5.27. The van der Waals surface area contributed by atoms with Gasteiger partial charge in [0, 0.05) is 18.0 Å². The van der Waals surface area contributed by atoms with Gasteiger partial charge in [-0.3, -0.25) is 4.98 Å². The number of carbonyl (C=O) groups is 1. The predicted octanol–water partition coefficient (Wildman–Crippen LogP) is 6.61. The van der Waals surface area contributed by atoms with E-state index in [1.54, 1.807) is 48.7 Å². The largest absolute Gasteiger partial charge is 0.489 e. The van der Waals surface area contributed by atoms with Gasteiger partial charge in [0.25, 0.3) is 0 Å². The molecule has 2 N–H and O–H groups in total. The summed E-state index contributed by atoms with van der Waals surface area (Å²) in [5.74, 6) is 2.51. The van der Waals surface area contributed by atoms with Crippen molar-refractivity contribution in [3.8, 4) is 28.7 Å². The van der Waals surface area contributed by atoms with E-state index in [4.69, 9.17) is 18.9 Å². The third-order valence-electron chi connectivity index (χ3n) is 5.96. The third-order valence-corrected chi connectivity index (χ3v) is 5.96. The molecule has 4 aromatic rings. The number of rotatable bonds is 8. The zero-order chi connectivity index (χ0) is 26.5. The van der Waals surface area contributed by atoms with Crippen LogP contribution in [0.4, 0.5) is 14.9 Å². The van der Waals surface area contributed by atoms with Crippen molar-refractivity contribution in [2.75, 3.05) is 25.1 Å². The van der Waals surface area contributed by atoms with Gasteiger partial charge in [-0.2, -0.15) is 0 Å². The fourth-order valence-electron chi connectivity index (χ4n) is 4.11. The second kappa shape index (κ2) is 11.2. The molecule has 2 heterocycles. The van der Waals surface area contributed by atoms with E-state index in [0.29, 0.717) is 65.2 Å². The van der Waals surface area contributed by atoms with Crippen molar-refractivity contribution in [2.24, 2.45) is 0 Å². The van der Waals surface area contributed by atoms with Crippen LogP contribution in [0.25, 0.3) is 10.9 Å². The summed E-state index contributed by atoms with van der Waals surface area (Å²) in [4.78, 5) is 16.9. The monoisotopic (exact) mass is 517 g/mol. The lowest BCUT2D eigenvalue weighted by molar-refractivity contribution is 0.164. The molecule has 196 valence electrons. The van der Waals surface area contributed by atoms with Crippen molar-refractivity contribution in [2.45, 2.75) is 26.3 Å². The first-order chi connectivity index (χ1) is 18.5. The second-order valence-electron chi connectivity index (χ2n) is 8.78. The number of pyridine rings is 1. The quantitative estimate of drug-likeness (QED) is 0.273. The number of hydrogen-bond acceptors (Lipinski definition) is 6. The summed E-state index contributed by atoms with van der Waals surface area (Å²) in [5, 5.41) is 6.33. The van der Waals surface area contributed by atoms with Crippen molar-refractivity contribution in [1.29, 1.82) is 0 Å². The Kier molecular flexibility index (Phi) is 7.44. The molecule has 0 radical (unpaired) electrons. The van der Waals surface area contributed by atoms with Crippen LogP contribution in [-0.4, -0.2) is 30.8 Å². The number of nitrogens with one attached hydrogen (secondary N) is 2. The molecule has 0 fully saturated rings. The highest BCUT2D eigenvalue weighted by Crippen LogP contribution is 2.48. The Morgan fingerprint density at radius 2 is 1.76 bits per heavy atom. The predicted molar refractivity (Wildman–Crippen MR) is 142 cm³/mol. The zero-order valence-corrected chi connectivity index (χ0v) is 21.1. The number of halogens is 1. The highest BCUT2D eigenvalue weighted by molar-refractivity contribution is 5.95. The van der Waals surface area contributed by atoms with E-state index in [1.165, 1.54) is 12.1 Å². The van der Waals surface area contributed by atoms with Gasteiger partial charge in [-0.15, -0.1) is 0 Å². The van der Waals surface area contributed by atoms with Gasteiger partial charge in [-0.05, 0) is 61.4 Å². The summed E-state index contributed by atoms with van der Waals surface area (Å²) in [7, 11) is 0. The molecule has 0 unspecified atom stereocenters. The molecule has 0 aliphatic carbocycles. The number of nitrogens with zero attached hydrogens (tertiary/aromatic N) is 1. The summed E-state index contributed by atoms with van der Waals surface area (Å²) >= 11 is 0. The Bertz CT molecular complexity index is 1430. The van der Waals surface area contributed by atoms with Crippen LogP contribution in [0.15, 0.2) is 66.9 Å². The van der Waals surface area contributed by atoms with Crippen molar-refractivity contribution >= 4 is 22.6 Å². The molecule has 3 aromatic carbocycles. The molecule has 0 spiro atoms. The molecule has 1 aromatic heterocycles. The number of hydrogen-bond donors (Lipinski definition) is 2. The minimum atomic E-state index is -0.375. The standard InChI is InChI=1S/C29H28FN3O5/c1-3-14-35-25-17-23-26(28-27(25)36-15-16-37-28)24(12-13-31-23)38-22-10-8-21(9-11-22)33-29(34)32-18(2)19-4-6-20(30)7-5-19/h4-13,17-18H,3,14-16H2,1-2H3,(H2,32,33,34)/t18-/m0/s1. The minimum Gasteiger partial charge on any atom is -0.489 e. The van der Waals surface area contributed by atoms with Gasteiger partial charge >= 0.3 is 6.03 Å². The number of carbonyl (C=O) groups excluding carboxylic acids is 1. The average Bonchev–Trinajstić information content (AvgIpc) is 2.93.